The molecule has 26 heavy (non-hydrogen) atoms. The van der Waals surface area contributed by atoms with Crippen LogP contribution in [0, 0.1) is 0 Å². The maximum atomic E-state index is 5.24. The van der Waals surface area contributed by atoms with Crippen molar-refractivity contribution in [3.8, 4) is 0 Å². The second-order valence-electron chi connectivity index (χ2n) is 5.81. The van der Waals surface area contributed by atoms with Crippen molar-refractivity contribution in [3.05, 3.63) is 110 Å². The highest BCUT2D eigenvalue weighted by Gasteiger charge is 2.27. The van der Waals surface area contributed by atoms with Crippen LogP contribution in [-0.2, 0) is 0 Å². The zero-order chi connectivity index (χ0) is 17.7. The minimum Gasteiger partial charge on any atom is -0.259 e. The van der Waals surface area contributed by atoms with Crippen LogP contribution in [0.3, 0.4) is 0 Å². The normalized spacial score (nSPS) is 11.1. The molecule has 0 bridgehead atoms. The van der Waals surface area contributed by atoms with E-state index in [1.54, 1.807) is 18.6 Å². The van der Waals surface area contributed by atoms with Crippen LogP contribution in [0.1, 0.15) is 0 Å². The van der Waals surface area contributed by atoms with E-state index in [9.17, 15) is 0 Å². The van der Waals surface area contributed by atoms with Crippen molar-refractivity contribution in [2.45, 2.75) is 0 Å². The second kappa shape index (κ2) is 7.47. The smallest absolute Gasteiger partial charge is 0.170 e. The molecule has 0 atom stereocenters. The predicted molar refractivity (Wildman–Crippen MR) is 109 cm³/mol. The van der Waals surface area contributed by atoms with Crippen LogP contribution >= 0.6 is 7.05 Å². The molecule has 4 heteroatoms. The monoisotopic (exact) mass is 355 g/mol. The zero-order valence-electron chi connectivity index (χ0n) is 14.2. The van der Waals surface area contributed by atoms with Crippen LogP contribution in [0.2, 0.25) is 0 Å². The van der Waals surface area contributed by atoms with E-state index in [1.807, 2.05) is 18.2 Å². The Morgan fingerprint density at radius 3 is 1.42 bits per heavy atom. The molecular formula is C22H18N3P. The fourth-order valence-electron chi connectivity index (χ4n) is 3.05. The van der Waals surface area contributed by atoms with Gasteiger partial charge in [0.05, 0.1) is 13.3 Å². The first-order valence-electron chi connectivity index (χ1n) is 8.45. The first kappa shape index (κ1) is 16.4. The van der Waals surface area contributed by atoms with E-state index in [1.165, 1.54) is 15.9 Å². The third kappa shape index (κ3) is 3.10. The largest absolute Gasteiger partial charge is 0.259 e. The molecular weight excluding hydrogens is 337 g/mol. The SMILES string of the molecule is c1ccc(P(=Nc2cnccn2)(c2ccccc2)c2ccccc2)cc1. The third-order valence-corrected chi connectivity index (χ3v) is 7.83. The lowest BCUT2D eigenvalue weighted by molar-refractivity contribution is 1.18. The molecule has 0 amide bonds. The molecule has 4 rings (SSSR count). The summed E-state index contributed by atoms with van der Waals surface area (Å²) >= 11 is 0. The van der Waals surface area contributed by atoms with E-state index in [4.69, 9.17) is 4.74 Å². The van der Waals surface area contributed by atoms with Crippen LogP contribution in [0.4, 0.5) is 5.82 Å². The Hall–Kier alpha value is -3.03. The number of rotatable bonds is 4. The minimum absolute atomic E-state index is 0.650. The average Bonchev–Trinajstić information content (AvgIpc) is 2.75. The predicted octanol–water partition coefficient (Wildman–Crippen LogP) is 4.29. The first-order valence-corrected chi connectivity index (χ1v) is 10.2. The van der Waals surface area contributed by atoms with Gasteiger partial charge in [-0.1, -0.05) is 91.0 Å². The van der Waals surface area contributed by atoms with Crippen molar-refractivity contribution < 1.29 is 0 Å². The Kier molecular flexibility index (Phi) is 4.72. The molecule has 0 aliphatic carbocycles. The van der Waals surface area contributed by atoms with Crippen molar-refractivity contribution in [2.24, 2.45) is 4.74 Å². The van der Waals surface area contributed by atoms with E-state index < -0.39 is 7.05 Å². The molecule has 3 aromatic carbocycles. The van der Waals surface area contributed by atoms with E-state index in [0.29, 0.717) is 5.82 Å². The van der Waals surface area contributed by atoms with Crippen LogP contribution in [0.25, 0.3) is 0 Å². The molecule has 3 nitrogen and oxygen atoms in total. The molecule has 0 N–H and O–H groups in total. The van der Waals surface area contributed by atoms with Crippen LogP contribution < -0.4 is 15.9 Å². The second-order valence-corrected chi connectivity index (χ2v) is 8.83. The molecule has 1 heterocycles. The minimum atomic E-state index is -2.25. The van der Waals surface area contributed by atoms with Gasteiger partial charge in [-0.05, 0) is 0 Å². The van der Waals surface area contributed by atoms with E-state index in [2.05, 4.69) is 82.8 Å². The van der Waals surface area contributed by atoms with Gasteiger partial charge < -0.3 is 0 Å². The van der Waals surface area contributed by atoms with Crippen molar-refractivity contribution >= 4 is 28.8 Å². The van der Waals surface area contributed by atoms with Gasteiger partial charge in [0.15, 0.2) is 5.82 Å². The van der Waals surface area contributed by atoms with E-state index >= 15 is 0 Å². The quantitative estimate of drug-likeness (QED) is 0.512. The molecule has 1 aromatic heterocycles. The lowest BCUT2D eigenvalue weighted by Crippen LogP contribution is -2.25. The standard InChI is InChI=1S/C22H18N3P/c1-4-10-19(11-5-1)26(20-12-6-2-7-13-20,21-14-8-3-9-15-21)25-22-18-23-16-17-24-22/h1-18H. The number of hydrogen-bond donors (Lipinski definition) is 0. The molecule has 0 aliphatic heterocycles. The molecule has 4 aromatic rings. The van der Waals surface area contributed by atoms with Gasteiger partial charge in [0.2, 0.25) is 0 Å². The zero-order valence-corrected chi connectivity index (χ0v) is 15.1. The van der Waals surface area contributed by atoms with Gasteiger partial charge in [0.25, 0.3) is 0 Å². The lowest BCUT2D eigenvalue weighted by Gasteiger charge is -2.26. The Morgan fingerprint density at radius 1 is 0.577 bits per heavy atom. The summed E-state index contributed by atoms with van der Waals surface area (Å²) in [5.74, 6) is 0.650. The fourth-order valence-corrected chi connectivity index (χ4v) is 6.51. The molecule has 0 radical (unpaired) electrons. The topological polar surface area (TPSA) is 38.1 Å². The van der Waals surface area contributed by atoms with Crippen LogP contribution in [-0.4, -0.2) is 9.97 Å². The fraction of sp³-hybridized carbons (Fsp3) is 0. The maximum absolute atomic E-state index is 5.24. The van der Waals surface area contributed by atoms with Gasteiger partial charge in [0.1, 0.15) is 0 Å². The molecule has 0 aliphatic rings. The summed E-state index contributed by atoms with van der Waals surface area (Å²) < 4.78 is 5.24. The van der Waals surface area contributed by atoms with Gasteiger partial charge in [-0.3, -0.25) is 4.98 Å². The maximum Gasteiger partial charge on any atom is 0.170 e. The van der Waals surface area contributed by atoms with Gasteiger partial charge in [-0.15, -0.1) is 0 Å². The summed E-state index contributed by atoms with van der Waals surface area (Å²) in [6.07, 6.45) is 5.09. The Labute approximate surface area is 153 Å². The molecule has 0 saturated carbocycles. The number of hydrogen-bond acceptors (Lipinski definition) is 3. The molecule has 0 fully saturated rings. The van der Waals surface area contributed by atoms with Crippen molar-refractivity contribution in [1.82, 2.24) is 9.97 Å². The van der Waals surface area contributed by atoms with Crippen molar-refractivity contribution in [3.63, 3.8) is 0 Å². The van der Waals surface area contributed by atoms with Crippen LogP contribution in [0.15, 0.2) is 114 Å². The molecule has 0 unspecified atom stereocenters. The highest BCUT2D eigenvalue weighted by Crippen LogP contribution is 2.48. The summed E-state index contributed by atoms with van der Waals surface area (Å²) in [4.78, 5) is 8.65. The number of benzene rings is 3. The van der Waals surface area contributed by atoms with Gasteiger partial charge in [-0.2, -0.15) is 0 Å². The van der Waals surface area contributed by atoms with Crippen molar-refractivity contribution in [2.75, 3.05) is 0 Å². The summed E-state index contributed by atoms with van der Waals surface area (Å²) in [7, 11) is -2.25. The van der Waals surface area contributed by atoms with E-state index in [0.717, 1.165) is 0 Å². The van der Waals surface area contributed by atoms with Gasteiger partial charge in [-0.25, -0.2) is 9.73 Å². The van der Waals surface area contributed by atoms with Crippen molar-refractivity contribution in [1.29, 1.82) is 0 Å². The Bertz CT molecular complexity index is 915. The van der Waals surface area contributed by atoms with E-state index in [-0.39, 0.29) is 0 Å². The summed E-state index contributed by atoms with van der Waals surface area (Å²) in [5, 5.41) is 3.59. The summed E-state index contributed by atoms with van der Waals surface area (Å²) in [6, 6.07) is 31.5. The average molecular weight is 355 g/mol. The molecule has 0 spiro atoms. The first-order chi connectivity index (χ1) is 12.9. The highest BCUT2D eigenvalue weighted by atomic mass is 31.2. The third-order valence-electron chi connectivity index (χ3n) is 4.19. The number of aromatic nitrogens is 2. The Balaban J connectivity index is 2.13. The molecule has 126 valence electrons. The summed E-state index contributed by atoms with van der Waals surface area (Å²) in [6.45, 7) is 0. The van der Waals surface area contributed by atoms with Gasteiger partial charge in [0, 0.05) is 28.3 Å². The lowest BCUT2D eigenvalue weighted by atomic mass is 10.4. The Morgan fingerprint density at radius 2 is 1.04 bits per heavy atom. The van der Waals surface area contributed by atoms with Crippen LogP contribution in [0.5, 0.6) is 0 Å². The highest BCUT2D eigenvalue weighted by molar-refractivity contribution is 7.87. The number of nitrogens with zero attached hydrogens (tertiary/aromatic N) is 3. The summed E-state index contributed by atoms with van der Waals surface area (Å²) in [5.41, 5.74) is 0. The van der Waals surface area contributed by atoms with Gasteiger partial charge >= 0.3 is 0 Å². The molecule has 0 saturated heterocycles.